The molecule has 0 spiro atoms. The van der Waals surface area contributed by atoms with Crippen LogP contribution in [0.5, 0.6) is 0 Å². The number of ether oxygens (including phenoxy) is 1. The van der Waals surface area contributed by atoms with E-state index in [2.05, 4.69) is 6.58 Å². The van der Waals surface area contributed by atoms with E-state index in [0.29, 0.717) is 6.61 Å². The first-order valence-corrected chi connectivity index (χ1v) is 10.5. The van der Waals surface area contributed by atoms with Crippen molar-refractivity contribution in [2.45, 2.75) is 63.8 Å². The van der Waals surface area contributed by atoms with Gasteiger partial charge >= 0.3 is 14.8 Å². The van der Waals surface area contributed by atoms with Gasteiger partial charge in [0.25, 0.3) is 0 Å². The number of hydrogen-bond acceptors (Lipinski definition) is 5. The van der Waals surface area contributed by atoms with Gasteiger partial charge in [-0.15, -0.1) is 0 Å². The van der Waals surface area contributed by atoms with Gasteiger partial charge in [-0.1, -0.05) is 51.5 Å². The van der Waals surface area contributed by atoms with E-state index in [9.17, 15) is 4.79 Å². The third-order valence-electron chi connectivity index (χ3n) is 3.97. The van der Waals surface area contributed by atoms with Crippen molar-refractivity contribution in [3.8, 4) is 0 Å². The molecule has 0 amide bonds. The molecule has 0 aromatic carbocycles. The van der Waals surface area contributed by atoms with Gasteiger partial charge in [-0.3, -0.25) is 0 Å². The molecule has 136 valence electrons. The van der Waals surface area contributed by atoms with Gasteiger partial charge in [0, 0.05) is 33.4 Å². The minimum Gasteiger partial charge on any atom is -0.463 e. The third-order valence-corrected chi connectivity index (χ3v) is 6.80. The van der Waals surface area contributed by atoms with Gasteiger partial charge in [-0.2, -0.15) is 0 Å². The number of carbonyl (C=O) groups is 1. The summed E-state index contributed by atoms with van der Waals surface area (Å²) in [5.74, 6) is -0.326. The Kier molecular flexibility index (Phi) is 14.4. The molecule has 23 heavy (non-hydrogen) atoms. The summed E-state index contributed by atoms with van der Waals surface area (Å²) in [4.78, 5) is 10.8. The Morgan fingerprint density at radius 1 is 0.826 bits per heavy atom. The average molecular weight is 347 g/mol. The summed E-state index contributed by atoms with van der Waals surface area (Å²) in [6, 6.07) is 0.889. The van der Waals surface area contributed by atoms with Crippen LogP contribution in [0.4, 0.5) is 0 Å². The predicted molar refractivity (Wildman–Crippen MR) is 94.3 cm³/mol. The molecule has 0 aliphatic rings. The summed E-state index contributed by atoms with van der Waals surface area (Å²) in [6.07, 6.45) is 11.8. The van der Waals surface area contributed by atoms with Crippen LogP contribution < -0.4 is 0 Å². The van der Waals surface area contributed by atoms with Crippen molar-refractivity contribution >= 4 is 14.8 Å². The van der Waals surface area contributed by atoms with Gasteiger partial charge in [0.2, 0.25) is 0 Å². The molecule has 0 atom stereocenters. The number of rotatable bonds is 16. The van der Waals surface area contributed by atoms with Crippen molar-refractivity contribution in [3.63, 3.8) is 0 Å². The van der Waals surface area contributed by atoms with E-state index in [1.165, 1.54) is 44.6 Å². The Hall–Kier alpha value is -0.693. The molecule has 0 heterocycles. The van der Waals surface area contributed by atoms with Gasteiger partial charge < -0.3 is 18.0 Å². The molecular formula is C17H34O5Si. The molecule has 0 N–H and O–H groups in total. The zero-order chi connectivity index (χ0) is 17.4. The normalized spacial score (nSPS) is 11.4. The van der Waals surface area contributed by atoms with Crippen LogP contribution in [0.2, 0.25) is 6.04 Å². The van der Waals surface area contributed by atoms with Gasteiger partial charge in [-0.25, -0.2) is 4.79 Å². The Morgan fingerprint density at radius 2 is 1.26 bits per heavy atom. The number of hydrogen-bond donors (Lipinski definition) is 0. The first-order valence-electron chi connectivity index (χ1n) is 8.58. The van der Waals surface area contributed by atoms with Crippen LogP contribution in [0.25, 0.3) is 0 Å². The minimum absolute atomic E-state index is 0.326. The van der Waals surface area contributed by atoms with E-state index in [1.54, 1.807) is 21.3 Å². The lowest BCUT2D eigenvalue weighted by atomic mass is 10.1. The lowest BCUT2D eigenvalue weighted by Crippen LogP contribution is -2.42. The molecule has 5 nitrogen and oxygen atoms in total. The van der Waals surface area contributed by atoms with Gasteiger partial charge in [0.15, 0.2) is 0 Å². The Balaban J connectivity index is 3.34. The Labute approximate surface area is 142 Å². The lowest BCUT2D eigenvalue weighted by Gasteiger charge is -2.24. The second-order valence-electron chi connectivity index (χ2n) is 5.60. The van der Waals surface area contributed by atoms with E-state index < -0.39 is 8.80 Å². The second kappa shape index (κ2) is 14.9. The molecule has 0 saturated heterocycles. The van der Waals surface area contributed by atoms with Crippen LogP contribution in [0.3, 0.4) is 0 Å². The molecule has 0 aromatic rings. The van der Waals surface area contributed by atoms with Crippen LogP contribution in [0.15, 0.2) is 12.7 Å². The van der Waals surface area contributed by atoms with E-state index >= 15 is 0 Å². The molecule has 0 bridgehead atoms. The van der Waals surface area contributed by atoms with Crippen molar-refractivity contribution in [2.75, 3.05) is 27.9 Å². The summed E-state index contributed by atoms with van der Waals surface area (Å²) in [7, 11) is 2.63. The molecule has 0 fully saturated rings. The van der Waals surface area contributed by atoms with E-state index in [1.807, 2.05) is 0 Å². The highest BCUT2D eigenvalue weighted by atomic mass is 28.4. The molecule has 6 heteroatoms. The van der Waals surface area contributed by atoms with Crippen molar-refractivity contribution in [3.05, 3.63) is 12.7 Å². The topological polar surface area (TPSA) is 54.0 Å². The monoisotopic (exact) mass is 346 g/mol. The summed E-state index contributed by atoms with van der Waals surface area (Å²) < 4.78 is 21.2. The maximum absolute atomic E-state index is 10.8. The molecule has 0 aliphatic carbocycles. The summed E-state index contributed by atoms with van der Waals surface area (Å²) in [5, 5.41) is 0. The number of unbranched alkanes of at least 4 members (excludes halogenated alkanes) is 8. The highest BCUT2D eigenvalue weighted by Gasteiger charge is 2.36. The molecule has 0 aliphatic heterocycles. The fraction of sp³-hybridized carbons (Fsp3) is 0.824. The zero-order valence-corrected chi connectivity index (χ0v) is 16.1. The highest BCUT2D eigenvalue weighted by molar-refractivity contribution is 6.60. The fourth-order valence-electron chi connectivity index (χ4n) is 2.47. The van der Waals surface area contributed by atoms with Gasteiger partial charge in [0.1, 0.15) is 0 Å². The summed E-state index contributed by atoms with van der Waals surface area (Å²) in [6.45, 7) is 3.87. The van der Waals surface area contributed by atoms with E-state index in [0.717, 1.165) is 25.3 Å². The second-order valence-corrected chi connectivity index (χ2v) is 8.69. The quantitative estimate of drug-likeness (QED) is 0.182. The molecule has 0 unspecified atom stereocenters. The first kappa shape index (κ1) is 22.3. The van der Waals surface area contributed by atoms with Crippen LogP contribution in [0, 0.1) is 0 Å². The molecule has 0 radical (unpaired) electrons. The van der Waals surface area contributed by atoms with E-state index in [4.69, 9.17) is 18.0 Å². The standard InChI is InChI=1S/C17H34O5Si/c1-5-17(18)22-15-13-11-9-7-6-8-10-12-14-16-23(19-2,20-3)21-4/h5H,1,6-16H2,2-4H3. The van der Waals surface area contributed by atoms with Crippen molar-refractivity contribution < 1.29 is 22.8 Å². The summed E-state index contributed by atoms with van der Waals surface area (Å²) in [5.41, 5.74) is 0. The SMILES string of the molecule is C=CC(=O)OCCCCCCCCCCC[Si](OC)(OC)OC. The van der Waals surface area contributed by atoms with Gasteiger partial charge in [0.05, 0.1) is 6.61 Å². The van der Waals surface area contributed by atoms with Crippen LogP contribution in [0.1, 0.15) is 57.8 Å². The van der Waals surface area contributed by atoms with Crippen LogP contribution >= 0.6 is 0 Å². The number of carbonyl (C=O) groups excluding carboxylic acids is 1. The van der Waals surface area contributed by atoms with Crippen molar-refractivity contribution in [2.24, 2.45) is 0 Å². The van der Waals surface area contributed by atoms with Crippen molar-refractivity contribution in [1.29, 1.82) is 0 Å². The predicted octanol–water partition coefficient (Wildman–Crippen LogP) is 4.10. The van der Waals surface area contributed by atoms with Crippen LogP contribution in [-0.2, 0) is 22.8 Å². The highest BCUT2D eigenvalue weighted by Crippen LogP contribution is 2.18. The largest absolute Gasteiger partial charge is 0.500 e. The summed E-state index contributed by atoms with van der Waals surface area (Å²) >= 11 is 0. The number of esters is 1. The minimum atomic E-state index is -2.36. The molecular weight excluding hydrogens is 312 g/mol. The maximum Gasteiger partial charge on any atom is 0.500 e. The smallest absolute Gasteiger partial charge is 0.463 e. The molecule has 0 aromatic heterocycles. The average Bonchev–Trinajstić information content (AvgIpc) is 2.59. The van der Waals surface area contributed by atoms with Gasteiger partial charge in [-0.05, 0) is 12.8 Å². The maximum atomic E-state index is 10.8. The fourth-order valence-corrected chi connectivity index (χ4v) is 4.26. The van der Waals surface area contributed by atoms with Crippen molar-refractivity contribution in [1.82, 2.24) is 0 Å². The lowest BCUT2D eigenvalue weighted by molar-refractivity contribution is -0.137. The zero-order valence-electron chi connectivity index (χ0n) is 15.1. The first-order chi connectivity index (χ1) is 11.1. The van der Waals surface area contributed by atoms with Crippen LogP contribution in [-0.4, -0.2) is 42.7 Å². The third kappa shape index (κ3) is 11.5. The Bertz CT molecular complexity index is 297. The Morgan fingerprint density at radius 3 is 1.70 bits per heavy atom. The van der Waals surface area contributed by atoms with E-state index in [-0.39, 0.29) is 5.97 Å². The molecule has 0 rings (SSSR count). The molecule has 0 saturated carbocycles.